The minimum Gasteiger partial charge on any atom is -0.459 e. The largest absolute Gasteiger partial charge is 0.459 e. The van der Waals surface area contributed by atoms with Crippen LogP contribution in [0.2, 0.25) is 0 Å². The highest BCUT2D eigenvalue weighted by Crippen LogP contribution is 2.38. The summed E-state index contributed by atoms with van der Waals surface area (Å²) in [7, 11) is 0. The van der Waals surface area contributed by atoms with Gasteiger partial charge in [0.05, 0.1) is 23.1 Å². The third kappa shape index (κ3) is 8.22. The summed E-state index contributed by atoms with van der Waals surface area (Å²) in [6.07, 6.45) is 11.0. The van der Waals surface area contributed by atoms with E-state index in [9.17, 15) is 14.4 Å². The highest BCUT2D eigenvalue weighted by molar-refractivity contribution is 6.19. The summed E-state index contributed by atoms with van der Waals surface area (Å²) in [4.78, 5) is 43.9. The molecule has 1 N–H and O–H groups in total. The Kier molecular flexibility index (Phi) is 11.0. The Labute approximate surface area is 306 Å². The minimum atomic E-state index is -0.421. The maximum Gasteiger partial charge on any atom is 0.338 e. The number of hydrogen-bond donors (Lipinski definition) is 1. The fraction of sp³-hybridized carbons (Fsp3) is 0.409. The van der Waals surface area contributed by atoms with Crippen molar-refractivity contribution in [2.75, 3.05) is 5.32 Å². The number of hydrogen-bond acceptors (Lipinski definition) is 8. The van der Waals surface area contributed by atoms with Crippen molar-refractivity contribution < 1.29 is 28.6 Å². The lowest BCUT2D eigenvalue weighted by atomic mass is 9.80. The van der Waals surface area contributed by atoms with Gasteiger partial charge in [0, 0.05) is 16.6 Å². The number of rotatable bonds is 11. The van der Waals surface area contributed by atoms with E-state index in [2.05, 4.69) is 24.4 Å². The molecule has 52 heavy (non-hydrogen) atoms. The number of carbonyl (C=O) groups excluding carboxylic acids is 3. The second-order valence-electron chi connectivity index (χ2n) is 14.7. The first-order chi connectivity index (χ1) is 25.3. The van der Waals surface area contributed by atoms with Gasteiger partial charge in [-0.15, -0.1) is 0 Å². The molecule has 0 bridgehead atoms. The first-order valence-corrected chi connectivity index (χ1v) is 19.1. The van der Waals surface area contributed by atoms with Gasteiger partial charge in [-0.25, -0.2) is 9.79 Å². The number of anilines is 1. The molecular weight excluding hydrogens is 652 g/mol. The number of esters is 3. The summed E-state index contributed by atoms with van der Waals surface area (Å²) in [5.41, 5.74) is 4.19. The lowest BCUT2D eigenvalue weighted by Crippen LogP contribution is -2.30. The quantitative estimate of drug-likeness (QED) is 0.0943. The summed E-state index contributed by atoms with van der Waals surface area (Å²) in [5, 5.41) is 5.69. The molecule has 0 saturated heterocycles. The number of aliphatic imine (C=N–C) groups is 1. The third-order valence-electron chi connectivity index (χ3n) is 11.0. The molecule has 2 aliphatic carbocycles. The summed E-state index contributed by atoms with van der Waals surface area (Å²) in [6.45, 7) is 4.24. The van der Waals surface area contributed by atoms with Crippen molar-refractivity contribution in [1.82, 2.24) is 0 Å². The van der Waals surface area contributed by atoms with E-state index in [4.69, 9.17) is 19.2 Å². The predicted molar refractivity (Wildman–Crippen MR) is 203 cm³/mol. The van der Waals surface area contributed by atoms with Crippen LogP contribution in [0.1, 0.15) is 105 Å². The van der Waals surface area contributed by atoms with E-state index >= 15 is 0 Å². The molecule has 0 spiro atoms. The first-order valence-electron chi connectivity index (χ1n) is 19.1. The van der Waals surface area contributed by atoms with Crippen LogP contribution in [0.3, 0.4) is 0 Å². The van der Waals surface area contributed by atoms with Gasteiger partial charge < -0.3 is 19.5 Å². The van der Waals surface area contributed by atoms with E-state index in [1.54, 1.807) is 24.3 Å². The summed E-state index contributed by atoms with van der Waals surface area (Å²) >= 11 is 0. The van der Waals surface area contributed by atoms with Crippen LogP contribution >= 0.6 is 0 Å². The average Bonchev–Trinajstić information content (AvgIpc) is 3.16. The van der Waals surface area contributed by atoms with Crippen molar-refractivity contribution >= 4 is 45.9 Å². The topological polar surface area (TPSA) is 103 Å². The number of amidine groups is 1. The van der Waals surface area contributed by atoms with Gasteiger partial charge in [0.2, 0.25) is 0 Å². The number of nitrogens with one attached hydrogen (secondary N) is 1. The van der Waals surface area contributed by atoms with Crippen molar-refractivity contribution in [2.24, 2.45) is 22.7 Å². The molecule has 270 valence electrons. The van der Waals surface area contributed by atoms with Gasteiger partial charge in [-0.2, -0.15) is 0 Å². The molecule has 4 aromatic carbocycles. The Bertz CT molecular complexity index is 1950. The maximum absolute atomic E-state index is 13.2. The van der Waals surface area contributed by atoms with E-state index < -0.39 is 5.97 Å². The number of unbranched alkanes of at least 4 members (excludes halogenated alkanes) is 2. The Balaban J connectivity index is 0.872. The van der Waals surface area contributed by atoms with Crippen LogP contribution < -0.4 is 14.8 Å². The number of carbonyl (C=O) groups is 3. The molecule has 3 aliphatic rings. The molecule has 0 radical (unpaired) electrons. The van der Waals surface area contributed by atoms with Crippen molar-refractivity contribution in [3.8, 4) is 11.5 Å². The Morgan fingerprint density at radius 2 is 1.40 bits per heavy atom. The van der Waals surface area contributed by atoms with Crippen molar-refractivity contribution in [3.05, 3.63) is 95.6 Å². The van der Waals surface area contributed by atoms with Gasteiger partial charge >= 0.3 is 17.9 Å². The van der Waals surface area contributed by atoms with Gasteiger partial charge in [0.1, 0.15) is 23.4 Å². The summed E-state index contributed by atoms with van der Waals surface area (Å²) < 4.78 is 17.4. The number of ether oxygens (including phenoxy) is 3. The average molecular weight is 701 g/mol. The van der Waals surface area contributed by atoms with Crippen LogP contribution in [0.25, 0.3) is 10.8 Å². The zero-order chi connectivity index (χ0) is 36.0. The molecule has 2 saturated carbocycles. The number of aryl methyl sites for hydroxylation is 1. The normalized spacial score (nSPS) is 21.1. The molecule has 8 heteroatoms. The number of nitrogens with zero attached hydrogens (tertiary/aromatic N) is 1. The van der Waals surface area contributed by atoms with E-state index in [0.29, 0.717) is 48.6 Å². The second-order valence-corrected chi connectivity index (χ2v) is 14.7. The summed E-state index contributed by atoms with van der Waals surface area (Å²) in [6, 6.07) is 24.5. The highest BCUT2D eigenvalue weighted by Gasteiger charge is 2.31. The number of benzene rings is 4. The highest BCUT2D eigenvalue weighted by atomic mass is 16.5. The lowest BCUT2D eigenvalue weighted by Gasteiger charge is -2.27. The van der Waals surface area contributed by atoms with E-state index in [1.807, 2.05) is 49.4 Å². The molecule has 2 fully saturated rings. The monoisotopic (exact) mass is 700 g/mol. The SMILES string of the molecule is CCCCC[C@H]1CC[C@H](C(=O)Oc2ccc(C(=O)OC3CCC(C(=O)Oc4ccc(C)c(C5=Nc6cccc7cccc(c67)N5)c4)CC3)cc2)CC1. The minimum absolute atomic E-state index is 0.0578. The zero-order valence-electron chi connectivity index (χ0n) is 30.2. The molecule has 1 heterocycles. The fourth-order valence-corrected chi connectivity index (χ4v) is 7.91. The van der Waals surface area contributed by atoms with Crippen molar-refractivity contribution in [3.63, 3.8) is 0 Å². The Morgan fingerprint density at radius 1 is 0.750 bits per heavy atom. The molecule has 8 nitrogen and oxygen atoms in total. The van der Waals surface area contributed by atoms with Gasteiger partial charge in [-0.05, 0) is 124 Å². The molecule has 0 amide bonds. The van der Waals surface area contributed by atoms with Crippen LogP contribution in [0, 0.1) is 24.7 Å². The summed E-state index contributed by atoms with van der Waals surface area (Å²) in [5.74, 6) is 1.14. The predicted octanol–water partition coefficient (Wildman–Crippen LogP) is 10.3. The van der Waals surface area contributed by atoms with E-state index in [-0.39, 0.29) is 29.9 Å². The fourth-order valence-electron chi connectivity index (χ4n) is 7.91. The third-order valence-corrected chi connectivity index (χ3v) is 11.0. The van der Waals surface area contributed by atoms with Crippen molar-refractivity contribution in [1.29, 1.82) is 0 Å². The van der Waals surface area contributed by atoms with Crippen molar-refractivity contribution in [2.45, 2.75) is 97.0 Å². The molecule has 1 aliphatic heterocycles. The molecule has 0 unspecified atom stereocenters. The van der Waals surface area contributed by atoms with Gasteiger partial charge in [-0.1, -0.05) is 62.9 Å². The Hall–Kier alpha value is -4.98. The second kappa shape index (κ2) is 16.1. The van der Waals surface area contributed by atoms with E-state index in [1.165, 1.54) is 25.7 Å². The smallest absolute Gasteiger partial charge is 0.338 e. The van der Waals surface area contributed by atoms with Crippen LogP contribution in [-0.4, -0.2) is 29.8 Å². The van der Waals surface area contributed by atoms with Gasteiger partial charge in [-0.3, -0.25) is 9.59 Å². The zero-order valence-corrected chi connectivity index (χ0v) is 30.2. The maximum atomic E-state index is 13.2. The van der Waals surface area contributed by atoms with E-state index in [0.717, 1.165) is 64.9 Å². The van der Waals surface area contributed by atoms with Gasteiger partial charge in [0.15, 0.2) is 0 Å². The molecule has 4 aromatic rings. The first kappa shape index (κ1) is 35.4. The van der Waals surface area contributed by atoms with Gasteiger partial charge in [0.25, 0.3) is 0 Å². The van der Waals surface area contributed by atoms with Crippen LogP contribution in [0.15, 0.2) is 83.9 Å². The molecule has 0 atom stereocenters. The van der Waals surface area contributed by atoms with Crippen LogP contribution in [0.5, 0.6) is 11.5 Å². The lowest BCUT2D eigenvalue weighted by molar-refractivity contribution is -0.141. The van der Waals surface area contributed by atoms with Crippen LogP contribution in [0.4, 0.5) is 11.4 Å². The standard InChI is InChI=1S/C44H48N2O6/c1-3-4-5-8-29-14-16-31(17-15-29)42(47)50-34-23-18-32(19-24-34)43(48)51-35-25-20-33(21-26-35)44(49)52-36-22-13-28(2)37(27-36)41-45-38-11-6-9-30-10-7-12-39(46-41)40(30)38/h6-7,9-13,18-19,22-24,27,29,31,33,35H,3-5,8,14-17,20-21,25-26H2,1-2H3,(H,45,46)/t29-,31-,33?,35?. The molecule has 7 rings (SSSR count). The molecule has 0 aromatic heterocycles. The van der Waals surface area contributed by atoms with Crippen LogP contribution in [-0.2, 0) is 14.3 Å². The Morgan fingerprint density at radius 3 is 2.12 bits per heavy atom. The molecular formula is C44H48N2O6.